The highest BCUT2D eigenvalue weighted by atomic mass is 79.9. The summed E-state index contributed by atoms with van der Waals surface area (Å²) < 4.78 is 17.9. The van der Waals surface area contributed by atoms with Crippen LogP contribution in [-0.4, -0.2) is 18.2 Å². The molecule has 0 saturated heterocycles. The molecule has 0 unspecified atom stereocenters. The quantitative estimate of drug-likeness (QED) is 0.791. The van der Waals surface area contributed by atoms with Crippen molar-refractivity contribution >= 4 is 21.9 Å². The molecular formula is C9H8BrFO3. The molecule has 1 aromatic rings. The molecule has 0 aliphatic rings. The normalized spacial score (nSPS) is 10.0. The molecule has 0 aliphatic heterocycles. The van der Waals surface area contributed by atoms with Gasteiger partial charge in [0.25, 0.3) is 0 Å². The Morgan fingerprint density at radius 1 is 1.64 bits per heavy atom. The predicted molar refractivity (Wildman–Crippen MR) is 51.8 cm³/mol. The summed E-state index contributed by atoms with van der Waals surface area (Å²) in [7, 11) is 1.15. The van der Waals surface area contributed by atoms with E-state index in [1.54, 1.807) is 6.92 Å². The van der Waals surface area contributed by atoms with Gasteiger partial charge in [-0.25, -0.2) is 9.18 Å². The molecule has 1 aromatic carbocycles. The molecule has 0 heterocycles. The van der Waals surface area contributed by atoms with Crippen molar-refractivity contribution in [2.24, 2.45) is 0 Å². The highest BCUT2D eigenvalue weighted by Crippen LogP contribution is 2.32. The second-order valence-electron chi connectivity index (χ2n) is 2.71. The van der Waals surface area contributed by atoms with Gasteiger partial charge in [-0.05, 0) is 34.5 Å². The molecule has 5 heteroatoms. The molecule has 0 bridgehead atoms. The van der Waals surface area contributed by atoms with Crippen LogP contribution in [0.3, 0.4) is 0 Å². The fourth-order valence-electron chi connectivity index (χ4n) is 1.01. The lowest BCUT2D eigenvalue weighted by molar-refractivity contribution is 0.0594. The number of carbonyl (C=O) groups excluding carboxylic acids is 1. The molecule has 0 aromatic heterocycles. The number of benzene rings is 1. The zero-order valence-corrected chi connectivity index (χ0v) is 9.18. The minimum Gasteiger partial charge on any atom is -0.504 e. The van der Waals surface area contributed by atoms with Crippen LogP contribution in [0.1, 0.15) is 15.9 Å². The van der Waals surface area contributed by atoms with E-state index >= 15 is 0 Å². The molecule has 76 valence electrons. The van der Waals surface area contributed by atoms with Crippen LogP contribution >= 0.6 is 15.9 Å². The van der Waals surface area contributed by atoms with E-state index in [-0.39, 0.29) is 10.0 Å². The van der Waals surface area contributed by atoms with Gasteiger partial charge in [0, 0.05) is 0 Å². The topological polar surface area (TPSA) is 46.5 Å². The third kappa shape index (κ3) is 1.72. The molecule has 0 amide bonds. The molecule has 1 N–H and O–H groups in total. The second kappa shape index (κ2) is 3.96. The highest BCUT2D eigenvalue weighted by molar-refractivity contribution is 9.10. The number of aryl methyl sites for hydroxylation is 1. The number of esters is 1. The molecule has 0 fully saturated rings. The van der Waals surface area contributed by atoms with Gasteiger partial charge in [-0.15, -0.1) is 0 Å². The van der Waals surface area contributed by atoms with Crippen LogP contribution in [0.4, 0.5) is 4.39 Å². The van der Waals surface area contributed by atoms with E-state index in [9.17, 15) is 14.3 Å². The molecule has 0 saturated carbocycles. The Labute approximate surface area is 88.6 Å². The molecule has 1 rings (SSSR count). The third-order valence-electron chi connectivity index (χ3n) is 1.76. The van der Waals surface area contributed by atoms with Crippen molar-refractivity contribution in [1.82, 2.24) is 0 Å². The summed E-state index contributed by atoms with van der Waals surface area (Å²) in [5.41, 5.74) is 0.287. The van der Waals surface area contributed by atoms with Gasteiger partial charge in [0.15, 0.2) is 11.6 Å². The summed E-state index contributed by atoms with van der Waals surface area (Å²) in [5, 5.41) is 9.28. The number of aromatic hydroxyl groups is 1. The summed E-state index contributed by atoms with van der Waals surface area (Å²) in [6.07, 6.45) is 0. The maximum atomic E-state index is 13.3. The number of phenolic OH excluding ortho intramolecular Hbond substituents is 1. The lowest BCUT2D eigenvalue weighted by Gasteiger charge is -2.07. The minimum atomic E-state index is -0.977. The summed E-state index contributed by atoms with van der Waals surface area (Å²) in [6.45, 7) is 1.63. The van der Waals surface area contributed by atoms with Gasteiger partial charge < -0.3 is 9.84 Å². The monoisotopic (exact) mass is 262 g/mol. The van der Waals surface area contributed by atoms with E-state index < -0.39 is 17.5 Å². The average molecular weight is 263 g/mol. The Bertz CT molecular complexity index is 390. The van der Waals surface area contributed by atoms with Crippen molar-refractivity contribution in [2.75, 3.05) is 7.11 Å². The molecule has 0 spiro atoms. The van der Waals surface area contributed by atoms with Crippen LogP contribution in [-0.2, 0) is 4.74 Å². The van der Waals surface area contributed by atoms with Gasteiger partial charge in [-0.3, -0.25) is 0 Å². The Kier molecular flexibility index (Phi) is 3.10. The van der Waals surface area contributed by atoms with Crippen LogP contribution in [0, 0.1) is 12.7 Å². The Hall–Kier alpha value is -1.10. The number of carbonyl (C=O) groups is 1. The van der Waals surface area contributed by atoms with E-state index in [1.807, 2.05) is 0 Å². The van der Waals surface area contributed by atoms with Gasteiger partial charge >= 0.3 is 5.97 Å². The largest absolute Gasteiger partial charge is 0.504 e. The Morgan fingerprint density at radius 2 is 2.21 bits per heavy atom. The van der Waals surface area contributed by atoms with Gasteiger partial charge in [-0.1, -0.05) is 0 Å². The van der Waals surface area contributed by atoms with Gasteiger partial charge in [0.2, 0.25) is 0 Å². The SMILES string of the molecule is COC(=O)c1cc(C)c(Br)c(O)c1F. The zero-order chi connectivity index (χ0) is 10.9. The van der Waals surface area contributed by atoms with Crippen molar-refractivity contribution in [2.45, 2.75) is 6.92 Å². The summed E-state index contributed by atoms with van der Waals surface area (Å²) in [4.78, 5) is 11.1. The number of rotatable bonds is 1. The van der Waals surface area contributed by atoms with Crippen molar-refractivity contribution in [1.29, 1.82) is 0 Å². The maximum Gasteiger partial charge on any atom is 0.341 e. The van der Waals surface area contributed by atoms with Gasteiger partial charge in [-0.2, -0.15) is 0 Å². The number of ether oxygens (including phenoxy) is 1. The van der Waals surface area contributed by atoms with Crippen LogP contribution < -0.4 is 0 Å². The number of phenols is 1. The molecule has 3 nitrogen and oxygen atoms in total. The van der Waals surface area contributed by atoms with E-state index in [4.69, 9.17) is 0 Å². The molecule has 14 heavy (non-hydrogen) atoms. The Morgan fingerprint density at radius 3 is 2.71 bits per heavy atom. The van der Waals surface area contributed by atoms with E-state index in [1.165, 1.54) is 6.07 Å². The standard InChI is InChI=1S/C9H8BrFO3/c1-4-3-5(9(13)14-2)7(11)8(12)6(4)10/h3,12H,1-2H3. The van der Waals surface area contributed by atoms with E-state index in [0.29, 0.717) is 5.56 Å². The van der Waals surface area contributed by atoms with Crippen LogP contribution in [0.25, 0.3) is 0 Å². The van der Waals surface area contributed by atoms with Crippen molar-refractivity contribution in [3.63, 3.8) is 0 Å². The summed E-state index contributed by atoms with van der Waals surface area (Å²) in [6, 6.07) is 1.31. The van der Waals surface area contributed by atoms with Gasteiger partial charge in [0.05, 0.1) is 17.1 Å². The smallest absolute Gasteiger partial charge is 0.341 e. The first-order chi connectivity index (χ1) is 6.49. The fourth-order valence-corrected chi connectivity index (χ4v) is 1.30. The summed E-state index contributed by atoms with van der Waals surface area (Å²) >= 11 is 2.99. The fraction of sp³-hybridized carbons (Fsp3) is 0.222. The second-order valence-corrected chi connectivity index (χ2v) is 3.50. The maximum absolute atomic E-state index is 13.3. The molecular weight excluding hydrogens is 255 g/mol. The third-order valence-corrected chi connectivity index (χ3v) is 2.77. The lowest BCUT2D eigenvalue weighted by Crippen LogP contribution is -2.05. The zero-order valence-electron chi connectivity index (χ0n) is 7.60. The first-order valence-electron chi connectivity index (χ1n) is 3.75. The van der Waals surface area contributed by atoms with E-state index in [0.717, 1.165) is 7.11 Å². The first kappa shape index (κ1) is 11.0. The highest BCUT2D eigenvalue weighted by Gasteiger charge is 2.19. The number of halogens is 2. The number of methoxy groups -OCH3 is 1. The van der Waals surface area contributed by atoms with Crippen LogP contribution in [0.5, 0.6) is 5.75 Å². The minimum absolute atomic E-state index is 0.239. The van der Waals surface area contributed by atoms with Crippen LogP contribution in [0.2, 0.25) is 0 Å². The average Bonchev–Trinajstić information content (AvgIpc) is 2.19. The predicted octanol–water partition coefficient (Wildman–Crippen LogP) is 2.39. The lowest BCUT2D eigenvalue weighted by atomic mass is 10.1. The van der Waals surface area contributed by atoms with Crippen molar-refractivity contribution < 1.29 is 19.0 Å². The molecule has 0 aliphatic carbocycles. The number of hydrogen-bond donors (Lipinski definition) is 1. The van der Waals surface area contributed by atoms with Crippen LogP contribution in [0.15, 0.2) is 10.5 Å². The first-order valence-corrected chi connectivity index (χ1v) is 4.54. The van der Waals surface area contributed by atoms with E-state index in [2.05, 4.69) is 20.7 Å². The van der Waals surface area contributed by atoms with Gasteiger partial charge in [0.1, 0.15) is 0 Å². The number of hydrogen-bond acceptors (Lipinski definition) is 3. The Balaban J connectivity index is 3.40. The van der Waals surface area contributed by atoms with Crippen molar-refractivity contribution in [3.8, 4) is 5.75 Å². The molecule has 0 atom stereocenters. The van der Waals surface area contributed by atoms with Crippen molar-refractivity contribution in [3.05, 3.63) is 27.5 Å². The molecule has 0 radical (unpaired) electrons. The summed E-state index contributed by atoms with van der Waals surface area (Å²) in [5.74, 6) is -2.37.